The molecule has 0 aliphatic carbocycles. The van der Waals surface area contributed by atoms with Gasteiger partial charge in [0.2, 0.25) is 5.82 Å². The average Bonchev–Trinajstić information content (AvgIpc) is 2.16. The van der Waals surface area contributed by atoms with Crippen LogP contribution in [0.15, 0.2) is 17.0 Å². The molecule has 1 aromatic rings. The van der Waals surface area contributed by atoms with Crippen molar-refractivity contribution in [1.29, 1.82) is 0 Å². The third-order valence-corrected chi connectivity index (χ3v) is 3.01. The van der Waals surface area contributed by atoms with Crippen molar-refractivity contribution in [2.75, 3.05) is 0 Å². The Morgan fingerprint density at radius 2 is 1.84 bits per heavy atom. The Labute approximate surface area is 107 Å². The van der Waals surface area contributed by atoms with E-state index in [0.29, 0.717) is 0 Å². The van der Waals surface area contributed by atoms with Gasteiger partial charge in [-0.3, -0.25) is 10.1 Å². The summed E-state index contributed by atoms with van der Waals surface area (Å²) in [4.78, 5) is 7.51. The molecule has 106 valence electrons. The Morgan fingerprint density at radius 1 is 1.32 bits per heavy atom. The van der Waals surface area contributed by atoms with Gasteiger partial charge < -0.3 is 4.74 Å². The molecule has 12 heteroatoms. The van der Waals surface area contributed by atoms with Gasteiger partial charge in [-0.15, -0.1) is 13.2 Å². The van der Waals surface area contributed by atoms with Crippen molar-refractivity contribution in [1.82, 2.24) is 0 Å². The maximum absolute atomic E-state index is 13.4. The number of nitro benzene ring substituents is 1. The predicted octanol–water partition coefficient (Wildman–Crippen LogP) is 2.56. The van der Waals surface area contributed by atoms with Gasteiger partial charge in [-0.2, -0.15) is 4.39 Å². The van der Waals surface area contributed by atoms with Gasteiger partial charge in [0.25, 0.3) is 9.05 Å². The van der Waals surface area contributed by atoms with Crippen LogP contribution >= 0.6 is 10.7 Å². The van der Waals surface area contributed by atoms with Gasteiger partial charge in [-0.1, -0.05) is 0 Å². The Balaban J connectivity index is 3.54. The molecule has 0 heterocycles. The molecule has 0 N–H and O–H groups in total. The molecular weight excluding hydrogens is 322 g/mol. The van der Waals surface area contributed by atoms with Crippen molar-refractivity contribution in [3.8, 4) is 5.75 Å². The number of alkyl halides is 3. The third kappa shape index (κ3) is 3.92. The Bertz CT molecular complexity index is 629. The SMILES string of the molecule is O=[N+]([O-])c1cc(OC(F)(F)F)cc(S(=O)(=O)Cl)c1F. The van der Waals surface area contributed by atoms with Crippen molar-refractivity contribution < 1.29 is 35.6 Å². The number of nitro groups is 1. The monoisotopic (exact) mass is 323 g/mol. The summed E-state index contributed by atoms with van der Waals surface area (Å²) in [6.07, 6.45) is -5.24. The van der Waals surface area contributed by atoms with E-state index in [9.17, 15) is 36.1 Å². The molecule has 0 saturated heterocycles. The fraction of sp³-hybridized carbons (Fsp3) is 0.143. The van der Waals surface area contributed by atoms with E-state index in [1.165, 1.54) is 0 Å². The number of halogens is 5. The molecule has 0 unspecified atom stereocenters. The first-order valence-corrected chi connectivity index (χ1v) is 6.41. The summed E-state index contributed by atoms with van der Waals surface area (Å²) in [5, 5.41) is 10.4. The number of ether oxygens (including phenoxy) is 1. The van der Waals surface area contributed by atoms with Crippen molar-refractivity contribution >= 4 is 25.4 Å². The van der Waals surface area contributed by atoms with E-state index in [-0.39, 0.29) is 12.1 Å². The highest BCUT2D eigenvalue weighted by molar-refractivity contribution is 8.13. The van der Waals surface area contributed by atoms with E-state index in [0.717, 1.165) is 0 Å². The Hall–Kier alpha value is -1.62. The highest BCUT2D eigenvalue weighted by Gasteiger charge is 2.34. The van der Waals surface area contributed by atoms with E-state index in [1.807, 2.05) is 0 Å². The van der Waals surface area contributed by atoms with Crippen molar-refractivity contribution in [2.45, 2.75) is 11.3 Å². The molecule has 0 aliphatic rings. The molecule has 1 rings (SSSR count). The maximum atomic E-state index is 13.4. The summed E-state index contributed by atoms with van der Waals surface area (Å²) < 4.78 is 74.3. The quantitative estimate of drug-likeness (QED) is 0.369. The molecule has 0 fully saturated rings. The minimum Gasteiger partial charge on any atom is -0.405 e. The minimum atomic E-state index is -5.24. The first kappa shape index (κ1) is 15.4. The van der Waals surface area contributed by atoms with Crippen LogP contribution in [0.3, 0.4) is 0 Å². The van der Waals surface area contributed by atoms with Crippen LogP contribution in [0.1, 0.15) is 0 Å². The molecule has 0 atom stereocenters. The van der Waals surface area contributed by atoms with Crippen LogP contribution < -0.4 is 4.74 Å². The number of nitrogens with zero attached hydrogens (tertiary/aromatic N) is 1. The van der Waals surface area contributed by atoms with Crippen LogP contribution in [-0.2, 0) is 9.05 Å². The molecule has 0 radical (unpaired) electrons. The lowest BCUT2D eigenvalue weighted by atomic mass is 10.3. The van der Waals surface area contributed by atoms with E-state index in [1.54, 1.807) is 0 Å². The molecule has 0 aliphatic heterocycles. The number of hydrogen-bond donors (Lipinski definition) is 0. The zero-order valence-electron chi connectivity index (χ0n) is 8.44. The van der Waals surface area contributed by atoms with E-state index in [4.69, 9.17) is 10.7 Å². The number of benzene rings is 1. The maximum Gasteiger partial charge on any atom is 0.573 e. The van der Waals surface area contributed by atoms with Crippen LogP contribution in [0.5, 0.6) is 5.75 Å². The lowest BCUT2D eigenvalue weighted by Gasteiger charge is -2.10. The second-order valence-electron chi connectivity index (χ2n) is 3.00. The van der Waals surface area contributed by atoms with Gasteiger partial charge in [0.15, 0.2) is 0 Å². The van der Waals surface area contributed by atoms with Crippen molar-refractivity contribution in [2.24, 2.45) is 0 Å². The van der Waals surface area contributed by atoms with Gasteiger partial charge in [-0.05, 0) is 0 Å². The van der Waals surface area contributed by atoms with Gasteiger partial charge in [0.1, 0.15) is 10.6 Å². The molecular formula is C7H2ClF4NO5S. The summed E-state index contributed by atoms with van der Waals surface area (Å²) in [6, 6.07) is 0.187. The second-order valence-corrected chi connectivity index (χ2v) is 5.53. The predicted molar refractivity (Wildman–Crippen MR) is 52.8 cm³/mol. The molecule has 0 amide bonds. The third-order valence-electron chi connectivity index (χ3n) is 1.69. The van der Waals surface area contributed by atoms with Crippen LogP contribution in [0.2, 0.25) is 0 Å². The topological polar surface area (TPSA) is 86.5 Å². The highest BCUT2D eigenvalue weighted by Crippen LogP contribution is 2.34. The van der Waals surface area contributed by atoms with Gasteiger partial charge >= 0.3 is 12.0 Å². The first-order chi connectivity index (χ1) is 8.42. The van der Waals surface area contributed by atoms with E-state index >= 15 is 0 Å². The smallest absolute Gasteiger partial charge is 0.405 e. The van der Waals surface area contributed by atoms with Crippen LogP contribution in [0.4, 0.5) is 23.2 Å². The average molecular weight is 324 g/mol. The molecule has 19 heavy (non-hydrogen) atoms. The summed E-state index contributed by atoms with van der Waals surface area (Å²) in [6.45, 7) is 0. The first-order valence-electron chi connectivity index (χ1n) is 4.10. The molecule has 6 nitrogen and oxygen atoms in total. The van der Waals surface area contributed by atoms with Crippen LogP contribution in [0.25, 0.3) is 0 Å². The highest BCUT2D eigenvalue weighted by atomic mass is 35.7. The van der Waals surface area contributed by atoms with Crippen LogP contribution in [0, 0.1) is 15.9 Å². The minimum absolute atomic E-state index is 0.0917. The molecule has 0 saturated carbocycles. The summed E-state index contributed by atoms with van der Waals surface area (Å²) in [7, 11) is -0.0657. The largest absolute Gasteiger partial charge is 0.573 e. The Morgan fingerprint density at radius 3 is 2.21 bits per heavy atom. The molecule has 0 aromatic heterocycles. The normalized spacial score (nSPS) is 12.3. The summed E-state index contributed by atoms with van der Waals surface area (Å²) >= 11 is 0. The summed E-state index contributed by atoms with van der Waals surface area (Å²) in [5.41, 5.74) is -1.51. The molecule has 0 bridgehead atoms. The summed E-state index contributed by atoms with van der Waals surface area (Å²) in [5.74, 6) is -3.16. The molecule has 1 aromatic carbocycles. The van der Waals surface area contributed by atoms with Gasteiger partial charge in [-0.25, -0.2) is 8.42 Å². The second kappa shape index (κ2) is 4.81. The number of rotatable bonds is 3. The van der Waals surface area contributed by atoms with Crippen molar-refractivity contribution in [3.63, 3.8) is 0 Å². The van der Waals surface area contributed by atoms with Crippen molar-refractivity contribution in [3.05, 3.63) is 28.1 Å². The molecule has 0 spiro atoms. The fourth-order valence-corrected chi connectivity index (χ4v) is 1.97. The lowest BCUT2D eigenvalue weighted by Crippen LogP contribution is -2.17. The zero-order valence-corrected chi connectivity index (χ0v) is 10.0. The standard InChI is InChI=1S/C7H2ClF4NO5S/c8-19(16,17)5-2-3(18-7(10,11)12)1-4(6(5)9)13(14)15/h1-2H. The fourth-order valence-electron chi connectivity index (χ4n) is 1.06. The Kier molecular flexibility index (Phi) is 3.91. The number of hydrogen-bond acceptors (Lipinski definition) is 5. The lowest BCUT2D eigenvalue weighted by molar-refractivity contribution is -0.388. The van der Waals surface area contributed by atoms with Crippen LogP contribution in [-0.4, -0.2) is 19.7 Å². The van der Waals surface area contributed by atoms with Gasteiger partial charge in [0, 0.05) is 16.7 Å². The van der Waals surface area contributed by atoms with E-state index in [2.05, 4.69) is 4.74 Å². The van der Waals surface area contributed by atoms with Gasteiger partial charge in [0.05, 0.1) is 11.0 Å². The zero-order chi connectivity index (χ0) is 15.0. The van der Waals surface area contributed by atoms with E-state index < -0.39 is 42.5 Å².